The third-order valence-corrected chi connectivity index (χ3v) is 4.99. The lowest BCUT2D eigenvalue weighted by atomic mass is 10.2. The molecule has 0 bridgehead atoms. The Morgan fingerprint density at radius 2 is 1.86 bits per heavy atom. The van der Waals surface area contributed by atoms with E-state index >= 15 is 0 Å². The predicted molar refractivity (Wildman–Crippen MR) is 108 cm³/mol. The van der Waals surface area contributed by atoms with Gasteiger partial charge in [-0.1, -0.05) is 0 Å². The summed E-state index contributed by atoms with van der Waals surface area (Å²) in [5.41, 5.74) is 7.29. The van der Waals surface area contributed by atoms with Gasteiger partial charge < -0.3 is 20.7 Å². The Bertz CT molecular complexity index is 1010. The maximum atomic E-state index is 11.9. The molecule has 0 atom stereocenters. The molecule has 0 radical (unpaired) electrons. The molecule has 2 amide bonds. The predicted octanol–water partition coefficient (Wildman–Crippen LogP) is 2.76. The van der Waals surface area contributed by atoms with Gasteiger partial charge in [0.1, 0.15) is 0 Å². The van der Waals surface area contributed by atoms with Crippen LogP contribution in [0.1, 0.15) is 20.0 Å². The van der Waals surface area contributed by atoms with Gasteiger partial charge in [0, 0.05) is 36.4 Å². The smallest absolute Gasteiger partial charge is 0.258 e. The fourth-order valence-electron chi connectivity index (χ4n) is 2.45. The van der Waals surface area contributed by atoms with Crippen molar-refractivity contribution in [1.29, 1.82) is 0 Å². The van der Waals surface area contributed by atoms with Crippen LogP contribution in [-0.4, -0.2) is 47.9 Å². The van der Waals surface area contributed by atoms with Gasteiger partial charge in [-0.15, -0.1) is 11.3 Å². The first kappa shape index (κ1) is 19.3. The Kier molecular flexibility index (Phi) is 5.55. The molecule has 1 aromatic carbocycles. The second kappa shape index (κ2) is 8.05. The number of nitrogens with one attached hydrogen (secondary N) is 1. The molecule has 144 valence electrons. The van der Waals surface area contributed by atoms with Crippen molar-refractivity contribution in [2.75, 3.05) is 26.5 Å². The van der Waals surface area contributed by atoms with Crippen molar-refractivity contribution in [2.45, 2.75) is 0 Å². The van der Waals surface area contributed by atoms with Crippen molar-refractivity contribution in [3.05, 3.63) is 53.0 Å². The summed E-state index contributed by atoms with van der Waals surface area (Å²) in [5, 5.41) is 3.08. The summed E-state index contributed by atoms with van der Waals surface area (Å²) in [5.74, 6) is 0.166. The molecule has 0 aliphatic carbocycles. The number of ether oxygens (including phenoxy) is 1. The number of nitrogens with zero attached hydrogens (tertiary/aromatic N) is 3. The first-order valence-electron chi connectivity index (χ1n) is 8.29. The zero-order valence-corrected chi connectivity index (χ0v) is 16.4. The second-order valence-electron chi connectivity index (χ2n) is 6.05. The van der Waals surface area contributed by atoms with Crippen LogP contribution in [0.4, 0.5) is 11.6 Å². The van der Waals surface area contributed by atoms with Gasteiger partial charge in [-0.05, 0) is 36.4 Å². The van der Waals surface area contributed by atoms with Crippen molar-refractivity contribution in [3.63, 3.8) is 0 Å². The van der Waals surface area contributed by atoms with Crippen LogP contribution in [0.5, 0.6) is 5.88 Å². The summed E-state index contributed by atoms with van der Waals surface area (Å²) in [4.78, 5) is 34.7. The highest BCUT2D eigenvalue weighted by Gasteiger charge is 2.14. The van der Waals surface area contributed by atoms with Gasteiger partial charge >= 0.3 is 0 Å². The molecular weight excluding hydrogens is 378 g/mol. The van der Waals surface area contributed by atoms with Crippen molar-refractivity contribution in [2.24, 2.45) is 5.73 Å². The Morgan fingerprint density at radius 3 is 2.43 bits per heavy atom. The topological polar surface area (TPSA) is 110 Å². The third kappa shape index (κ3) is 4.09. The molecule has 0 aliphatic rings. The van der Waals surface area contributed by atoms with Crippen molar-refractivity contribution >= 4 is 34.8 Å². The van der Waals surface area contributed by atoms with Gasteiger partial charge in [0.05, 0.1) is 17.6 Å². The number of aromatic nitrogens is 2. The van der Waals surface area contributed by atoms with E-state index in [4.69, 9.17) is 10.5 Å². The van der Waals surface area contributed by atoms with E-state index in [0.717, 1.165) is 10.6 Å². The number of methoxy groups -OCH3 is 1. The zero-order chi connectivity index (χ0) is 20.3. The average Bonchev–Trinajstić information content (AvgIpc) is 3.18. The monoisotopic (exact) mass is 397 g/mol. The summed E-state index contributed by atoms with van der Waals surface area (Å²) in [7, 11) is 4.92. The summed E-state index contributed by atoms with van der Waals surface area (Å²) in [6, 6.07) is 10.4. The van der Waals surface area contributed by atoms with Crippen LogP contribution in [0.2, 0.25) is 0 Å². The van der Waals surface area contributed by atoms with Crippen LogP contribution >= 0.6 is 11.3 Å². The van der Waals surface area contributed by atoms with Crippen molar-refractivity contribution < 1.29 is 14.3 Å². The number of amides is 2. The highest BCUT2D eigenvalue weighted by atomic mass is 32.1. The molecule has 2 heterocycles. The minimum atomic E-state index is -0.481. The highest BCUT2D eigenvalue weighted by molar-refractivity contribution is 7.17. The van der Waals surface area contributed by atoms with Gasteiger partial charge in [0.25, 0.3) is 11.8 Å². The maximum Gasteiger partial charge on any atom is 0.258 e. The van der Waals surface area contributed by atoms with E-state index < -0.39 is 5.91 Å². The fourth-order valence-corrected chi connectivity index (χ4v) is 3.31. The Balaban J connectivity index is 1.82. The molecule has 3 aromatic rings. The number of nitrogens with two attached hydrogens (primary N) is 1. The largest absolute Gasteiger partial charge is 0.480 e. The zero-order valence-electron chi connectivity index (χ0n) is 15.6. The van der Waals surface area contributed by atoms with Gasteiger partial charge in [-0.2, -0.15) is 4.98 Å². The summed E-state index contributed by atoms with van der Waals surface area (Å²) in [6.07, 6.45) is 1.62. The summed E-state index contributed by atoms with van der Waals surface area (Å²) >= 11 is 1.25. The quantitative estimate of drug-likeness (QED) is 0.662. The lowest BCUT2D eigenvalue weighted by Gasteiger charge is -2.11. The Morgan fingerprint density at radius 1 is 1.14 bits per heavy atom. The van der Waals surface area contributed by atoms with E-state index in [1.54, 1.807) is 56.7 Å². The summed E-state index contributed by atoms with van der Waals surface area (Å²) in [6.45, 7) is 0. The number of rotatable bonds is 6. The SMILES string of the molecule is COc1nc(Nc2ccc(C(=O)N(C)C)cc2)ncc1-c1ccc(C(N)=O)s1. The van der Waals surface area contributed by atoms with Crippen LogP contribution in [0.3, 0.4) is 0 Å². The van der Waals surface area contributed by atoms with Crippen LogP contribution in [0.25, 0.3) is 10.4 Å². The first-order chi connectivity index (χ1) is 13.4. The lowest BCUT2D eigenvalue weighted by molar-refractivity contribution is 0.0827. The standard InChI is InChI=1S/C19H19N5O3S/c1-24(2)18(26)11-4-6-12(7-5-11)22-19-21-10-13(17(23-19)27-3)14-8-9-15(28-14)16(20)25/h4-10H,1-3H3,(H2,20,25)(H,21,22,23). The highest BCUT2D eigenvalue weighted by Crippen LogP contribution is 2.34. The molecule has 0 unspecified atom stereocenters. The number of carbonyl (C=O) groups is 2. The Labute approximate surface area is 166 Å². The number of primary amides is 1. The van der Waals surface area contributed by atoms with E-state index in [-0.39, 0.29) is 5.91 Å². The summed E-state index contributed by atoms with van der Waals surface area (Å²) < 4.78 is 5.37. The number of hydrogen-bond acceptors (Lipinski definition) is 7. The second-order valence-corrected chi connectivity index (χ2v) is 7.13. The molecule has 2 aromatic heterocycles. The van der Waals surface area contributed by atoms with Crippen molar-refractivity contribution in [1.82, 2.24) is 14.9 Å². The van der Waals surface area contributed by atoms with Gasteiger partial charge in [-0.25, -0.2) is 4.98 Å². The minimum absolute atomic E-state index is 0.0694. The number of anilines is 2. The molecule has 3 N–H and O–H groups in total. The number of carbonyl (C=O) groups excluding carboxylic acids is 2. The molecule has 0 aliphatic heterocycles. The number of benzene rings is 1. The lowest BCUT2D eigenvalue weighted by Crippen LogP contribution is -2.21. The molecule has 0 saturated carbocycles. The van der Waals surface area contributed by atoms with Crippen LogP contribution in [0, 0.1) is 0 Å². The van der Waals surface area contributed by atoms with Crippen LogP contribution in [-0.2, 0) is 0 Å². The molecule has 0 spiro atoms. The average molecular weight is 397 g/mol. The van der Waals surface area contributed by atoms with Crippen molar-refractivity contribution in [3.8, 4) is 16.3 Å². The van der Waals surface area contributed by atoms with Gasteiger partial charge in [0.2, 0.25) is 11.8 Å². The minimum Gasteiger partial charge on any atom is -0.480 e. The molecule has 8 nitrogen and oxygen atoms in total. The van der Waals surface area contributed by atoms with Gasteiger partial charge in [-0.3, -0.25) is 9.59 Å². The molecule has 3 rings (SSSR count). The molecule has 28 heavy (non-hydrogen) atoms. The molecular formula is C19H19N5O3S. The van der Waals surface area contributed by atoms with E-state index in [9.17, 15) is 9.59 Å². The number of thiophene rings is 1. The normalized spacial score (nSPS) is 10.4. The van der Waals surface area contributed by atoms with Gasteiger partial charge in [0.15, 0.2) is 0 Å². The fraction of sp³-hybridized carbons (Fsp3) is 0.158. The van der Waals surface area contributed by atoms with Crippen LogP contribution in [0.15, 0.2) is 42.6 Å². The first-order valence-corrected chi connectivity index (χ1v) is 9.10. The van der Waals surface area contributed by atoms with Crippen LogP contribution < -0.4 is 15.8 Å². The molecule has 9 heteroatoms. The maximum absolute atomic E-state index is 11.9. The van der Waals surface area contributed by atoms with E-state index in [1.165, 1.54) is 23.3 Å². The van der Waals surface area contributed by atoms with E-state index in [1.807, 2.05) is 0 Å². The Hall–Kier alpha value is -3.46. The molecule has 0 fully saturated rings. The number of hydrogen-bond donors (Lipinski definition) is 2. The third-order valence-electron chi connectivity index (χ3n) is 3.86. The van der Waals surface area contributed by atoms with E-state index in [0.29, 0.717) is 27.8 Å². The molecule has 0 saturated heterocycles. The van der Waals surface area contributed by atoms with E-state index in [2.05, 4.69) is 15.3 Å².